The fraction of sp³-hybridized carbons (Fsp3) is 0.368. The van der Waals surface area contributed by atoms with Crippen molar-refractivity contribution in [3.63, 3.8) is 0 Å². The van der Waals surface area contributed by atoms with Gasteiger partial charge in [0.2, 0.25) is 5.91 Å². The number of carbonyl (C=O) groups is 1. The van der Waals surface area contributed by atoms with Crippen molar-refractivity contribution >= 4 is 17.4 Å². The summed E-state index contributed by atoms with van der Waals surface area (Å²) in [5.41, 5.74) is 8.03. The Kier molecular flexibility index (Phi) is 4.72. The monoisotopic (exact) mass is 365 g/mol. The molecular weight excluding hydrogens is 342 g/mol. The molecule has 1 saturated heterocycles. The number of anilines is 1. The molecule has 3 heterocycles. The van der Waals surface area contributed by atoms with Crippen molar-refractivity contribution in [3.05, 3.63) is 54.4 Å². The van der Waals surface area contributed by atoms with Gasteiger partial charge in [-0.2, -0.15) is 4.52 Å². The van der Waals surface area contributed by atoms with E-state index in [2.05, 4.69) is 20.2 Å². The Labute approximate surface area is 157 Å². The van der Waals surface area contributed by atoms with Crippen molar-refractivity contribution in [1.29, 1.82) is 0 Å². The number of fused-ring (bicyclic) bond motifs is 1. The summed E-state index contributed by atoms with van der Waals surface area (Å²) in [7, 11) is 0. The molecule has 2 N–H and O–H groups in total. The van der Waals surface area contributed by atoms with E-state index in [-0.39, 0.29) is 17.9 Å². The first-order valence-corrected chi connectivity index (χ1v) is 9.15. The van der Waals surface area contributed by atoms with Crippen LogP contribution in [0, 0.1) is 5.92 Å². The van der Waals surface area contributed by atoms with Crippen molar-refractivity contribution in [3.8, 4) is 0 Å². The number of aromatic nitrogens is 4. The van der Waals surface area contributed by atoms with Crippen LogP contribution in [0.15, 0.2) is 48.8 Å². The maximum Gasteiger partial charge on any atom is 0.227 e. The van der Waals surface area contributed by atoms with Crippen molar-refractivity contribution in [1.82, 2.24) is 24.7 Å². The minimum Gasteiger partial charge on any atom is -0.352 e. The van der Waals surface area contributed by atoms with Crippen LogP contribution in [0.1, 0.15) is 18.5 Å². The van der Waals surface area contributed by atoms with Crippen LogP contribution >= 0.6 is 0 Å². The number of nitrogens with zero attached hydrogens (tertiary/aromatic N) is 6. The Morgan fingerprint density at radius 3 is 2.56 bits per heavy atom. The number of piperazine rings is 1. The molecule has 1 fully saturated rings. The van der Waals surface area contributed by atoms with E-state index in [1.165, 1.54) is 0 Å². The lowest BCUT2D eigenvalue weighted by Gasteiger charge is -2.37. The largest absolute Gasteiger partial charge is 0.352 e. The Hall–Kier alpha value is -3.00. The molecule has 1 aromatic carbocycles. The van der Waals surface area contributed by atoms with Gasteiger partial charge in [0, 0.05) is 32.2 Å². The Morgan fingerprint density at radius 1 is 1.07 bits per heavy atom. The fourth-order valence-corrected chi connectivity index (χ4v) is 3.45. The van der Waals surface area contributed by atoms with Gasteiger partial charge in [0.15, 0.2) is 5.65 Å². The standard InChI is InChI=1S/C19H23N7O/c1-14(18(20)15-5-3-2-4-6-15)19(27)25-11-9-24(10-12-25)17-8-7-16-22-21-13-26(16)23-17/h2-8,13-14,18H,9-12,20H2,1H3. The summed E-state index contributed by atoms with van der Waals surface area (Å²) in [6.07, 6.45) is 1.59. The zero-order valence-electron chi connectivity index (χ0n) is 15.3. The van der Waals surface area contributed by atoms with E-state index in [1.807, 2.05) is 54.3 Å². The van der Waals surface area contributed by atoms with Gasteiger partial charge in [0.1, 0.15) is 12.1 Å². The highest BCUT2D eigenvalue weighted by Crippen LogP contribution is 2.22. The van der Waals surface area contributed by atoms with Crippen LogP contribution in [-0.4, -0.2) is 56.8 Å². The molecule has 4 rings (SSSR count). The van der Waals surface area contributed by atoms with E-state index >= 15 is 0 Å². The van der Waals surface area contributed by atoms with Crippen molar-refractivity contribution in [2.24, 2.45) is 11.7 Å². The fourth-order valence-electron chi connectivity index (χ4n) is 3.45. The third kappa shape index (κ3) is 3.48. The number of rotatable bonds is 4. The molecule has 27 heavy (non-hydrogen) atoms. The quantitative estimate of drug-likeness (QED) is 0.744. The van der Waals surface area contributed by atoms with Gasteiger partial charge in [-0.1, -0.05) is 37.3 Å². The smallest absolute Gasteiger partial charge is 0.227 e. The van der Waals surface area contributed by atoms with Gasteiger partial charge in [-0.15, -0.1) is 15.3 Å². The van der Waals surface area contributed by atoms with Crippen molar-refractivity contribution in [2.45, 2.75) is 13.0 Å². The van der Waals surface area contributed by atoms with Crippen LogP contribution in [0.2, 0.25) is 0 Å². The van der Waals surface area contributed by atoms with E-state index < -0.39 is 0 Å². The Morgan fingerprint density at radius 2 is 1.81 bits per heavy atom. The third-order valence-electron chi connectivity index (χ3n) is 5.18. The topological polar surface area (TPSA) is 92.7 Å². The molecule has 0 radical (unpaired) electrons. The van der Waals surface area contributed by atoms with E-state index in [0.29, 0.717) is 13.1 Å². The summed E-state index contributed by atoms with van der Waals surface area (Å²) < 4.78 is 1.66. The predicted molar refractivity (Wildman–Crippen MR) is 102 cm³/mol. The highest BCUT2D eigenvalue weighted by Gasteiger charge is 2.29. The van der Waals surface area contributed by atoms with Crippen molar-refractivity contribution < 1.29 is 4.79 Å². The molecule has 2 aromatic heterocycles. The Bertz CT molecular complexity index is 918. The first-order valence-electron chi connectivity index (χ1n) is 9.15. The van der Waals surface area contributed by atoms with E-state index in [9.17, 15) is 4.79 Å². The molecule has 0 spiro atoms. The SMILES string of the molecule is CC(C(=O)N1CCN(c2ccc3nncn3n2)CC1)C(N)c1ccccc1. The van der Waals surface area contributed by atoms with E-state index in [1.54, 1.807) is 10.8 Å². The number of hydrogen-bond donors (Lipinski definition) is 1. The van der Waals surface area contributed by atoms with Crippen LogP contribution in [0.3, 0.4) is 0 Å². The van der Waals surface area contributed by atoms with Crippen LogP contribution in [-0.2, 0) is 4.79 Å². The summed E-state index contributed by atoms with van der Waals surface area (Å²) in [5.74, 6) is 0.710. The molecule has 0 bridgehead atoms. The van der Waals surface area contributed by atoms with Gasteiger partial charge in [-0.05, 0) is 17.7 Å². The molecule has 1 amide bonds. The second kappa shape index (κ2) is 7.32. The summed E-state index contributed by atoms with van der Waals surface area (Å²) in [4.78, 5) is 17.0. The zero-order valence-corrected chi connectivity index (χ0v) is 15.3. The van der Waals surface area contributed by atoms with Crippen molar-refractivity contribution in [2.75, 3.05) is 31.1 Å². The molecule has 0 saturated carbocycles. The average Bonchev–Trinajstić information content (AvgIpc) is 3.21. The molecule has 0 aliphatic carbocycles. The van der Waals surface area contributed by atoms with Gasteiger partial charge in [0.05, 0.1) is 5.92 Å². The Balaban J connectivity index is 1.38. The number of carbonyl (C=O) groups excluding carboxylic acids is 1. The second-order valence-electron chi connectivity index (χ2n) is 6.86. The lowest BCUT2D eigenvalue weighted by molar-refractivity contribution is -0.136. The molecule has 2 unspecified atom stereocenters. The van der Waals surface area contributed by atoms with Crippen LogP contribution < -0.4 is 10.6 Å². The number of benzene rings is 1. The highest BCUT2D eigenvalue weighted by atomic mass is 16.2. The predicted octanol–water partition coefficient (Wildman–Crippen LogP) is 1.11. The summed E-state index contributed by atoms with van der Waals surface area (Å²) in [5, 5.41) is 12.3. The van der Waals surface area contributed by atoms with E-state index in [4.69, 9.17) is 5.73 Å². The lowest BCUT2D eigenvalue weighted by atomic mass is 9.94. The van der Waals surface area contributed by atoms with Crippen LogP contribution in [0.5, 0.6) is 0 Å². The minimum atomic E-state index is -0.297. The first-order chi connectivity index (χ1) is 13.1. The van der Waals surface area contributed by atoms with Crippen LogP contribution in [0.4, 0.5) is 5.82 Å². The minimum absolute atomic E-state index is 0.105. The lowest BCUT2D eigenvalue weighted by Crippen LogP contribution is -2.51. The van der Waals surface area contributed by atoms with Crippen LogP contribution in [0.25, 0.3) is 5.65 Å². The zero-order chi connectivity index (χ0) is 18.8. The molecule has 1 aliphatic heterocycles. The molecular formula is C19H23N7O. The van der Waals surface area contributed by atoms with E-state index in [0.717, 1.165) is 30.1 Å². The van der Waals surface area contributed by atoms with Gasteiger partial charge in [0.25, 0.3) is 0 Å². The molecule has 140 valence electrons. The molecule has 3 aromatic rings. The summed E-state index contributed by atoms with van der Waals surface area (Å²) in [6, 6.07) is 13.3. The summed E-state index contributed by atoms with van der Waals surface area (Å²) in [6.45, 7) is 4.70. The first kappa shape index (κ1) is 17.4. The van der Waals surface area contributed by atoms with Gasteiger partial charge in [-0.3, -0.25) is 4.79 Å². The molecule has 1 aliphatic rings. The molecule has 8 nitrogen and oxygen atoms in total. The van der Waals surface area contributed by atoms with Gasteiger partial charge >= 0.3 is 0 Å². The maximum atomic E-state index is 12.9. The number of nitrogens with two attached hydrogens (primary N) is 1. The van der Waals surface area contributed by atoms with Gasteiger partial charge < -0.3 is 15.5 Å². The maximum absolute atomic E-state index is 12.9. The molecule has 2 atom stereocenters. The normalized spacial score (nSPS) is 17.1. The molecule has 8 heteroatoms. The highest BCUT2D eigenvalue weighted by molar-refractivity contribution is 5.79. The number of hydrogen-bond acceptors (Lipinski definition) is 6. The second-order valence-corrected chi connectivity index (χ2v) is 6.86. The average molecular weight is 365 g/mol. The third-order valence-corrected chi connectivity index (χ3v) is 5.18. The summed E-state index contributed by atoms with van der Waals surface area (Å²) >= 11 is 0. The number of amides is 1. The van der Waals surface area contributed by atoms with Gasteiger partial charge in [-0.25, -0.2) is 0 Å².